The average molecular weight is 279 g/mol. The number of hydrogen-bond acceptors (Lipinski definition) is 4. The van der Waals surface area contributed by atoms with Gasteiger partial charge in [-0.1, -0.05) is 13.8 Å². The van der Waals surface area contributed by atoms with Gasteiger partial charge in [-0.05, 0) is 26.2 Å². The molecule has 1 fully saturated rings. The first-order chi connectivity index (χ1) is 9.46. The smallest absolute Gasteiger partial charge is 0.325 e. The number of rotatable bonds is 7. The molecule has 2 rings (SSSR count). The van der Waals surface area contributed by atoms with E-state index in [9.17, 15) is 4.79 Å². The van der Waals surface area contributed by atoms with E-state index in [0.717, 1.165) is 25.2 Å². The lowest BCUT2D eigenvalue weighted by Crippen LogP contribution is -2.51. The zero-order valence-corrected chi connectivity index (χ0v) is 12.8. The molecule has 0 radical (unpaired) electrons. The molecule has 20 heavy (non-hydrogen) atoms. The predicted octanol–water partition coefficient (Wildman–Crippen LogP) is 2.08. The second kappa shape index (κ2) is 5.95. The van der Waals surface area contributed by atoms with Crippen LogP contribution in [0.2, 0.25) is 0 Å². The zero-order valence-electron chi connectivity index (χ0n) is 12.8. The van der Waals surface area contributed by atoms with E-state index in [2.05, 4.69) is 28.7 Å². The molecule has 1 atom stereocenters. The minimum Gasteiger partial charge on any atom is -0.468 e. The summed E-state index contributed by atoms with van der Waals surface area (Å²) >= 11 is 0. The highest BCUT2D eigenvalue weighted by Crippen LogP contribution is 2.25. The quantitative estimate of drug-likeness (QED) is 0.776. The Morgan fingerprint density at radius 3 is 2.85 bits per heavy atom. The molecule has 0 spiro atoms. The maximum absolute atomic E-state index is 12.1. The van der Waals surface area contributed by atoms with Crippen LogP contribution in [0.15, 0.2) is 12.4 Å². The lowest BCUT2D eigenvalue weighted by molar-refractivity contribution is -0.148. The molecule has 1 aliphatic rings. The third-order valence-corrected chi connectivity index (χ3v) is 3.85. The molecule has 112 valence electrons. The first kappa shape index (κ1) is 15.0. The van der Waals surface area contributed by atoms with Crippen molar-refractivity contribution in [2.24, 2.45) is 0 Å². The Kier molecular flexibility index (Phi) is 4.48. The van der Waals surface area contributed by atoms with Crippen LogP contribution in [0, 0.1) is 0 Å². The number of nitrogens with one attached hydrogen (secondary N) is 1. The lowest BCUT2D eigenvalue weighted by Gasteiger charge is -2.28. The van der Waals surface area contributed by atoms with Crippen LogP contribution in [0.1, 0.15) is 51.8 Å². The van der Waals surface area contributed by atoms with Crippen molar-refractivity contribution in [3.8, 4) is 0 Å². The normalized spacial score (nSPS) is 18.1. The largest absolute Gasteiger partial charge is 0.468 e. The number of carbonyl (C=O) groups is 1. The number of aryl methyl sites for hydroxylation is 1. The Hall–Kier alpha value is -1.36. The van der Waals surface area contributed by atoms with Gasteiger partial charge in [0.1, 0.15) is 11.4 Å². The van der Waals surface area contributed by atoms with Crippen LogP contribution in [0.3, 0.4) is 0 Å². The third-order valence-electron chi connectivity index (χ3n) is 3.85. The fraction of sp³-hybridized carbons (Fsp3) is 0.733. The molecule has 0 amide bonds. The number of esters is 1. The number of carbonyl (C=O) groups excluding carboxylic acids is 1. The summed E-state index contributed by atoms with van der Waals surface area (Å²) in [5.74, 6) is 1.25. The third kappa shape index (κ3) is 3.39. The molecule has 0 aliphatic heterocycles. The molecular weight excluding hydrogens is 254 g/mol. The van der Waals surface area contributed by atoms with Crippen LogP contribution in [-0.2, 0) is 16.1 Å². The number of aromatic nitrogens is 2. The molecule has 1 aromatic rings. The highest BCUT2D eigenvalue weighted by Gasteiger charge is 2.39. The Morgan fingerprint density at radius 1 is 1.60 bits per heavy atom. The predicted molar refractivity (Wildman–Crippen MR) is 77.5 cm³/mol. The minimum absolute atomic E-state index is 0.185. The first-order valence-electron chi connectivity index (χ1n) is 7.33. The zero-order chi connectivity index (χ0) is 14.8. The van der Waals surface area contributed by atoms with Gasteiger partial charge in [-0.15, -0.1) is 0 Å². The second-order valence-corrected chi connectivity index (χ2v) is 6.13. The van der Waals surface area contributed by atoms with Crippen LogP contribution < -0.4 is 5.32 Å². The van der Waals surface area contributed by atoms with Crippen LogP contribution >= 0.6 is 0 Å². The van der Waals surface area contributed by atoms with Crippen LogP contribution in [-0.4, -0.2) is 34.2 Å². The number of ether oxygens (including phenoxy) is 1. The topological polar surface area (TPSA) is 56.2 Å². The van der Waals surface area contributed by atoms with E-state index >= 15 is 0 Å². The van der Waals surface area contributed by atoms with Gasteiger partial charge < -0.3 is 9.30 Å². The van der Waals surface area contributed by atoms with Crippen molar-refractivity contribution in [2.45, 2.75) is 64.1 Å². The van der Waals surface area contributed by atoms with E-state index < -0.39 is 5.54 Å². The van der Waals surface area contributed by atoms with Crippen molar-refractivity contribution in [3.63, 3.8) is 0 Å². The highest BCUT2D eigenvalue weighted by molar-refractivity contribution is 5.80. The minimum atomic E-state index is -0.617. The van der Waals surface area contributed by atoms with E-state index in [-0.39, 0.29) is 5.97 Å². The molecule has 1 saturated carbocycles. The van der Waals surface area contributed by atoms with Crippen molar-refractivity contribution in [3.05, 3.63) is 18.2 Å². The maximum Gasteiger partial charge on any atom is 0.325 e. The van der Waals surface area contributed by atoms with Crippen molar-refractivity contribution >= 4 is 5.97 Å². The number of nitrogens with zero attached hydrogens (tertiary/aromatic N) is 2. The van der Waals surface area contributed by atoms with Crippen molar-refractivity contribution in [2.75, 3.05) is 7.11 Å². The van der Waals surface area contributed by atoms with Gasteiger partial charge in [0.05, 0.1) is 7.11 Å². The SMILES string of the molecule is COC(=O)C(C)(CCn1ccnc1C(C)C)NC1CC1. The van der Waals surface area contributed by atoms with E-state index in [4.69, 9.17) is 4.74 Å². The average Bonchev–Trinajstić information content (AvgIpc) is 3.08. The van der Waals surface area contributed by atoms with Gasteiger partial charge in [-0.3, -0.25) is 10.1 Å². The molecule has 0 aromatic carbocycles. The molecule has 1 aromatic heterocycles. The standard InChI is InChI=1S/C15H25N3O2/c1-11(2)13-16-8-10-18(13)9-7-15(3,14(19)20-4)17-12-5-6-12/h8,10-12,17H,5-7,9H2,1-4H3. The molecule has 5 heteroatoms. The van der Waals surface area contributed by atoms with Gasteiger partial charge >= 0.3 is 5.97 Å². The summed E-state index contributed by atoms with van der Waals surface area (Å²) in [5.41, 5.74) is -0.617. The summed E-state index contributed by atoms with van der Waals surface area (Å²) in [7, 11) is 1.45. The van der Waals surface area contributed by atoms with Gasteiger partial charge in [-0.25, -0.2) is 4.98 Å². The maximum atomic E-state index is 12.1. The van der Waals surface area contributed by atoms with E-state index in [0.29, 0.717) is 18.4 Å². The van der Waals surface area contributed by atoms with Crippen molar-refractivity contribution in [1.29, 1.82) is 0 Å². The highest BCUT2D eigenvalue weighted by atomic mass is 16.5. The molecule has 1 heterocycles. The Bertz CT molecular complexity index is 465. The van der Waals surface area contributed by atoms with E-state index in [1.54, 1.807) is 0 Å². The second-order valence-electron chi connectivity index (χ2n) is 6.13. The molecule has 5 nitrogen and oxygen atoms in total. The summed E-state index contributed by atoms with van der Waals surface area (Å²) < 4.78 is 7.09. The Morgan fingerprint density at radius 2 is 2.30 bits per heavy atom. The molecule has 0 saturated heterocycles. The Balaban J connectivity index is 2.04. The number of hydrogen-bond donors (Lipinski definition) is 1. The summed E-state index contributed by atoms with van der Waals surface area (Å²) in [4.78, 5) is 16.4. The number of imidazole rings is 1. The van der Waals surface area contributed by atoms with Crippen LogP contribution in [0.25, 0.3) is 0 Å². The molecular formula is C15H25N3O2. The van der Waals surface area contributed by atoms with Gasteiger partial charge in [0.25, 0.3) is 0 Å². The summed E-state index contributed by atoms with van der Waals surface area (Å²) in [6.07, 6.45) is 6.79. The summed E-state index contributed by atoms with van der Waals surface area (Å²) in [6, 6.07) is 0.464. The fourth-order valence-electron chi connectivity index (χ4n) is 2.49. The monoisotopic (exact) mass is 279 g/mol. The van der Waals surface area contributed by atoms with Crippen LogP contribution in [0.4, 0.5) is 0 Å². The molecule has 0 bridgehead atoms. The fourth-order valence-corrected chi connectivity index (χ4v) is 2.49. The van der Waals surface area contributed by atoms with E-state index in [1.807, 2.05) is 19.3 Å². The molecule has 1 aliphatic carbocycles. The van der Waals surface area contributed by atoms with Gasteiger partial charge in [0, 0.05) is 30.9 Å². The molecule has 1 unspecified atom stereocenters. The Labute approximate surface area is 120 Å². The van der Waals surface area contributed by atoms with E-state index in [1.165, 1.54) is 7.11 Å². The van der Waals surface area contributed by atoms with Crippen LogP contribution in [0.5, 0.6) is 0 Å². The van der Waals surface area contributed by atoms with Crippen molar-refractivity contribution < 1.29 is 9.53 Å². The molecule has 1 N–H and O–H groups in total. The summed E-state index contributed by atoms with van der Waals surface area (Å²) in [5, 5.41) is 3.42. The lowest BCUT2D eigenvalue weighted by atomic mass is 9.97. The van der Waals surface area contributed by atoms with Gasteiger partial charge in [0.15, 0.2) is 0 Å². The van der Waals surface area contributed by atoms with Gasteiger partial charge in [0.2, 0.25) is 0 Å². The number of methoxy groups -OCH3 is 1. The first-order valence-corrected chi connectivity index (χ1v) is 7.33. The summed E-state index contributed by atoms with van der Waals surface area (Å²) in [6.45, 7) is 6.95. The van der Waals surface area contributed by atoms with Gasteiger partial charge in [-0.2, -0.15) is 0 Å². The van der Waals surface area contributed by atoms with Crippen molar-refractivity contribution in [1.82, 2.24) is 14.9 Å².